The molecule has 5 nitrogen and oxygen atoms in total. The van der Waals surface area contributed by atoms with Crippen LogP contribution in [0.15, 0.2) is 24.3 Å². The molecule has 3 unspecified atom stereocenters. The molecule has 23 heavy (non-hydrogen) atoms. The largest absolute Gasteiger partial charge is 0.508 e. The first-order valence-electron chi connectivity index (χ1n) is 8.10. The molecule has 0 amide bonds. The lowest BCUT2D eigenvalue weighted by molar-refractivity contribution is -0.188. The minimum Gasteiger partial charge on any atom is -0.508 e. The zero-order valence-corrected chi connectivity index (χ0v) is 13.2. The van der Waals surface area contributed by atoms with Crippen LogP contribution >= 0.6 is 0 Å². The van der Waals surface area contributed by atoms with Gasteiger partial charge in [-0.05, 0) is 62.1 Å². The molecule has 2 aliphatic carbocycles. The summed E-state index contributed by atoms with van der Waals surface area (Å²) in [5.41, 5.74) is 0.146. The summed E-state index contributed by atoms with van der Waals surface area (Å²) in [6, 6.07) is 7.15. The molecule has 124 valence electrons. The van der Waals surface area contributed by atoms with Gasteiger partial charge in [0, 0.05) is 5.41 Å². The zero-order chi connectivity index (χ0) is 16.7. The minimum atomic E-state index is -1.53. The first-order chi connectivity index (χ1) is 10.9. The monoisotopic (exact) mass is 318 g/mol. The molecule has 2 aliphatic rings. The standard InChI is InChI=1S/C18H22O5/c1-17-7-3-8-18(17,23-16(22)15(20)21)11-13(6-9-17)12-4-2-5-14(19)10-12/h2,4-5,10,13,19H,3,6-9,11H2,1H3,(H,20,21). The number of hydrogen-bond donors (Lipinski definition) is 2. The highest BCUT2D eigenvalue weighted by atomic mass is 16.6. The Labute approximate surface area is 135 Å². The maximum atomic E-state index is 11.7. The number of phenols is 1. The number of carbonyl (C=O) groups is 2. The van der Waals surface area contributed by atoms with Crippen LogP contribution in [0.3, 0.4) is 0 Å². The number of esters is 1. The van der Waals surface area contributed by atoms with Gasteiger partial charge in [-0.3, -0.25) is 0 Å². The van der Waals surface area contributed by atoms with Crippen molar-refractivity contribution in [2.75, 3.05) is 0 Å². The third kappa shape index (κ3) is 2.69. The van der Waals surface area contributed by atoms with Crippen LogP contribution in [0.4, 0.5) is 0 Å². The molecule has 2 saturated carbocycles. The van der Waals surface area contributed by atoms with Gasteiger partial charge in [-0.25, -0.2) is 9.59 Å². The van der Waals surface area contributed by atoms with Crippen LogP contribution in [0.2, 0.25) is 0 Å². The van der Waals surface area contributed by atoms with E-state index >= 15 is 0 Å². The van der Waals surface area contributed by atoms with E-state index in [1.165, 1.54) is 0 Å². The van der Waals surface area contributed by atoms with Crippen molar-refractivity contribution >= 4 is 11.9 Å². The average molecular weight is 318 g/mol. The number of hydrogen-bond acceptors (Lipinski definition) is 4. The van der Waals surface area contributed by atoms with Gasteiger partial charge in [0.1, 0.15) is 11.4 Å². The Hall–Kier alpha value is -2.04. The van der Waals surface area contributed by atoms with Crippen molar-refractivity contribution < 1.29 is 24.5 Å². The molecule has 2 N–H and O–H groups in total. The molecule has 0 heterocycles. The third-order valence-electron chi connectivity index (χ3n) is 5.83. The van der Waals surface area contributed by atoms with Crippen molar-refractivity contribution in [3.8, 4) is 5.75 Å². The van der Waals surface area contributed by atoms with Crippen molar-refractivity contribution in [1.82, 2.24) is 0 Å². The molecule has 0 radical (unpaired) electrons. The molecule has 0 bridgehead atoms. The van der Waals surface area contributed by atoms with Crippen molar-refractivity contribution in [3.63, 3.8) is 0 Å². The summed E-state index contributed by atoms with van der Waals surface area (Å²) in [5, 5.41) is 18.6. The lowest BCUT2D eigenvalue weighted by Gasteiger charge is -2.49. The van der Waals surface area contributed by atoms with Crippen LogP contribution < -0.4 is 0 Å². The molecule has 3 rings (SSSR count). The summed E-state index contributed by atoms with van der Waals surface area (Å²) < 4.78 is 5.55. The Morgan fingerprint density at radius 1 is 1.26 bits per heavy atom. The van der Waals surface area contributed by atoms with E-state index in [4.69, 9.17) is 9.84 Å². The number of aliphatic carboxylic acids is 1. The van der Waals surface area contributed by atoms with Gasteiger partial charge in [0.15, 0.2) is 0 Å². The van der Waals surface area contributed by atoms with Crippen LogP contribution in [0.25, 0.3) is 0 Å². The smallest absolute Gasteiger partial charge is 0.417 e. The average Bonchev–Trinajstić information content (AvgIpc) is 2.83. The minimum absolute atomic E-state index is 0.161. The van der Waals surface area contributed by atoms with Crippen LogP contribution in [-0.4, -0.2) is 27.8 Å². The van der Waals surface area contributed by atoms with Gasteiger partial charge >= 0.3 is 11.9 Å². The van der Waals surface area contributed by atoms with Crippen LogP contribution in [0.5, 0.6) is 5.75 Å². The fraction of sp³-hybridized carbons (Fsp3) is 0.556. The second kappa shape index (κ2) is 5.55. The van der Waals surface area contributed by atoms with Gasteiger partial charge in [0.25, 0.3) is 0 Å². The second-order valence-electron chi connectivity index (χ2n) is 7.14. The van der Waals surface area contributed by atoms with E-state index in [2.05, 4.69) is 6.92 Å². The van der Waals surface area contributed by atoms with Gasteiger partial charge < -0.3 is 14.9 Å². The molecule has 3 atom stereocenters. The quantitative estimate of drug-likeness (QED) is 0.646. The van der Waals surface area contributed by atoms with E-state index in [1.807, 2.05) is 12.1 Å². The van der Waals surface area contributed by atoms with Crippen molar-refractivity contribution in [3.05, 3.63) is 29.8 Å². The first-order valence-corrected chi connectivity index (χ1v) is 8.10. The highest BCUT2D eigenvalue weighted by Crippen LogP contribution is 2.60. The Bertz CT molecular complexity index is 640. The van der Waals surface area contributed by atoms with Crippen molar-refractivity contribution in [2.45, 2.75) is 57.0 Å². The van der Waals surface area contributed by atoms with Gasteiger partial charge in [-0.2, -0.15) is 0 Å². The molecule has 0 aliphatic heterocycles. The highest BCUT2D eigenvalue weighted by molar-refractivity contribution is 6.28. The molecular weight excluding hydrogens is 296 g/mol. The molecule has 0 spiro atoms. The number of benzene rings is 1. The fourth-order valence-corrected chi connectivity index (χ4v) is 4.49. The molecular formula is C18H22O5. The summed E-state index contributed by atoms with van der Waals surface area (Å²) in [7, 11) is 0. The lowest BCUT2D eigenvalue weighted by Crippen LogP contribution is -2.50. The third-order valence-corrected chi connectivity index (χ3v) is 5.83. The van der Waals surface area contributed by atoms with Crippen LogP contribution in [0, 0.1) is 5.41 Å². The number of carboxylic acid groups (broad SMARTS) is 1. The number of aromatic hydroxyl groups is 1. The SMILES string of the molecule is CC12CCCC1(OC(=O)C(=O)O)CC(c1cccc(O)c1)CC2. The predicted octanol–water partition coefficient (Wildman–Crippen LogP) is 3.22. The van der Waals surface area contributed by atoms with E-state index in [0.29, 0.717) is 12.8 Å². The van der Waals surface area contributed by atoms with Crippen LogP contribution in [0.1, 0.15) is 56.9 Å². The lowest BCUT2D eigenvalue weighted by atomic mass is 9.62. The van der Waals surface area contributed by atoms with Crippen molar-refractivity contribution in [2.24, 2.45) is 5.41 Å². The van der Waals surface area contributed by atoms with Gasteiger partial charge in [-0.15, -0.1) is 0 Å². The van der Waals surface area contributed by atoms with Gasteiger partial charge in [0.05, 0.1) is 0 Å². The number of phenolic OH excluding ortho intramolecular Hbond substituents is 1. The molecule has 1 aromatic rings. The fourth-order valence-electron chi connectivity index (χ4n) is 4.49. The number of rotatable bonds is 2. The van der Waals surface area contributed by atoms with E-state index in [1.54, 1.807) is 12.1 Å². The van der Waals surface area contributed by atoms with Crippen LogP contribution in [-0.2, 0) is 14.3 Å². The number of fused-ring (bicyclic) bond motifs is 1. The molecule has 0 aromatic heterocycles. The summed E-state index contributed by atoms with van der Waals surface area (Å²) in [5.74, 6) is -2.31. The highest BCUT2D eigenvalue weighted by Gasteiger charge is 2.58. The molecule has 2 fully saturated rings. The van der Waals surface area contributed by atoms with E-state index in [0.717, 1.165) is 31.2 Å². The topological polar surface area (TPSA) is 83.8 Å². The number of carbonyl (C=O) groups excluding carboxylic acids is 1. The van der Waals surface area contributed by atoms with E-state index in [9.17, 15) is 14.7 Å². The maximum absolute atomic E-state index is 11.7. The summed E-state index contributed by atoms with van der Waals surface area (Å²) in [6.07, 6.45) is 5.05. The van der Waals surface area contributed by atoms with Gasteiger partial charge in [-0.1, -0.05) is 19.1 Å². The second-order valence-corrected chi connectivity index (χ2v) is 7.14. The number of ether oxygens (including phenoxy) is 1. The maximum Gasteiger partial charge on any atom is 0.417 e. The predicted molar refractivity (Wildman–Crippen MR) is 83.1 cm³/mol. The zero-order valence-electron chi connectivity index (χ0n) is 13.2. The van der Waals surface area contributed by atoms with Gasteiger partial charge in [0.2, 0.25) is 0 Å². The molecule has 5 heteroatoms. The summed E-state index contributed by atoms with van der Waals surface area (Å²) >= 11 is 0. The normalized spacial score (nSPS) is 33.0. The van der Waals surface area contributed by atoms with Crippen molar-refractivity contribution in [1.29, 1.82) is 0 Å². The Morgan fingerprint density at radius 2 is 2.04 bits per heavy atom. The Kier molecular flexibility index (Phi) is 3.82. The number of carboxylic acids is 1. The van der Waals surface area contributed by atoms with E-state index in [-0.39, 0.29) is 17.1 Å². The Balaban J connectivity index is 1.90. The Morgan fingerprint density at radius 3 is 2.74 bits per heavy atom. The summed E-state index contributed by atoms with van der Waals surface area (Å²) in [6.45, 7) is 2.10. The molecule has 1 aromatic carbocycles. The first kappa shape index (κ1) is 15.8. The van der Waals surface area contributed by atoms with E-state index < -0.39 is 17.5 Å². The summed E-state index contributed by atoms with van der Waals surface area (Å²) in [4.78, 5) is 22.7. The molecule has 0 saturated heterocycles.